The van der Waals surface area contributed by atoms with Crippen molar-refractivity contribution < 1.29 is 19.0 Å². The van der Waals surface area contributed by atoms with Gasteiger partial charge in [-0.2, -0.15) is 0 Å². The van der Waals surface area contributed by atoms with Crippen LogP contribution in [0.4, 0.5) is 5.13 Å². The Hall–Kier alpha value is -2.80. The molecule has 0 spiro atoms. The lowest BCUT2D eigenvalue weighted by Crippen LogP contribution is -2.14. The van der Waals surface area contributed by atoms with Crippen LogP contribution in [0.25, 0.3) is 10.2 Å². The Balaban J connectivity index is 1.53. The summed E-state index contributed by atoms with van der Waals surface area (Å²) >= 11 is 1.44. The summed E-state index contributed by atoms with van der Waals surface area (Å²) < 4.78 is 17.0. The number of nitrogens with zero attached hydrogens (tertiary/aromatic N) is 1. The van der Waals surface area contributed by atoms with E-state index in [-0.39, 0.29) is 19.1 Å². The summed E-state index contributed by atoms with van der Waals surface area (Å²) in [5, 5.41) is 3.43. The van der Waals surface area contributed by atoms with E-state index in [1.54, 1.807) is 7.11 Å². The molecule has 0 atom stereocenters. The van der Waals surface area contributed by atoms with Crippen molar-refractivity contribution in [2.45, 2.75) is 13.3 Å². The molecule has 128 valence electrons. The number of hydrogen-bond acceptors (Lipinski definition) is 6. The molecule has 2 heterocycles. The van der Waals surface area contributed by atoms with E-state index < -0.39 is 0 Å². The summed E-state index contributed by atoms with van der Waals surface area (Å²) in [6.45, 7) is 2.23. The number of amides is 1. The molecule has 1 N–H and O–H groups in total. The highest BCUT2D eigenvalue weighted by Crippen LogP contribution is 2.35. The van der Waals surface area contributed by atoms with Crippen LogP contribution in [0.2, 0.25) is 0 Å². The SMILES string of the molecule is COc1ccc(C)c2sc(NC(=O)Cc3ccc4c(c3)OCO4)nc12. The van der Waals surface area contributed by atoms with Crippen LogP contribution < -0.4 is 19.5 Å². The van der Waals surface area contributed by atoms with Gasteiger partial charge in [0.2, 0.25) is 12.7 Å². The van der Waals surface area contributed by atoms with Crippen molar-refractivity contribution in [1.29, 1.82) is 0 Å². The van der Waals surface area contributed by atoms with Crippen LogP contribution in [-0.2, 0) is 11.2 Å². The fourth-order valence-electron chi connectivity index (χ4n) is 2.73. The first-order valence-electron chi connectivity index (χ1n) is 7.76. The van der Waals surface area contributed by atoms with E-state index in [4.69, 9.17) is 14.2 Å². The third-order valence-corrected chi connectivity index (χ3v) is 5.08. The number of ether oxygens (including phenoxy) is 3. The Morgan fingerprint density at radius 3 is 2.96 bits per heavy atom. The van der Waals surface area contributed by atoms with Gasteiger partial charge in [-0.05, 0) is 36.2 Å². The number of aromatic nitrogens is 1. The van der Waals surface area contributed by atoms with Crippen molar-refractivity contribution in [2.24, 2.45) is 0 Å². The number of nitrogens with one attached hydrogen (secondary N) is 1. The summed E-state index contributed by atoms with van der Waals surface area (Å²) in [7, 11) is 1.61. The minimum atomic E-state index is -0.130. The van der Waals surface area contributed by atoms with E-state index in [0.29, 0.717) is 22.4 Å². The highest BCUT2D eigenvalue weighted by Gasteiger charge is 2.16. The zero-order chi connectivity index (χ0) is 17.4. The number of benzene rings is 2. The van der Waals surface area contributed by atoms with E-state index in [2.05, 4.69) is 10.3 Å². The van der Waals surface area contributed by atoms with Gasteiger partial charge < -0.3 is 19.5 Å². The van der Waals surface area contributed by atoms with Crippen LogP contribution in [0.3, 0.4) is 0 Å². The average Bonchev–Trinajstić information content (AvgIpc) is 3.21. The summed E-state index contributed by atoms with van der Waals surface area (Å²) in [5.41, 5.74) is 2.73. The van der Waals surface area contributed by atoms with Gasteiger partial charge in [-0.25, -0.2) is 4.98 Å². The molecular formula is C18H16N2O4S. The van der Waals surface area contributed by atoms with E-state index in [0.717, 1.165) is 21.3 Å². The summed E-state index contributed by atoms with van der Waals surface area (Å²) in [4.78, 5) is 16.9. The number of anilines is 1. The monoisotopic (exact) mass is 356 g/mol. The van der Waals surface area contributed by atoms with Gasteiger partial charge in [0.05, 0.1) is 18.2 Å². The van der Waals surface area contributed by atoms with Crippen molar-refractivity contribution in [2.75, 3.05) is 19.2 Å². The second-order valence-corrected chi connectivity index (χ2v) is 6.69. The lowest BCUT2D eigenvalue weighted by Gasteiger charge is -2.03. The van der Waals surface area contributed by atoms with E-state index in [1.165, 1.54) is 11.3 Å². The highest BCUT2D eigenvalue weighted by atomic mass is 32.1. The van der Waals surface area contributed by atoms with Gasteiger partial charge >= 0.3 is 0 Å². The van der Waals surface area contributed by atoms with E-state index in [9.17, 15) is 4.79 Å². The number of thiazole rings is 1. The topological polar surface area (TPSA) is 69.7 Å². The molecule has 1 aromatic heterocycles. The first kappa shape index (κ1) is 15.7. The molecule has 3 aromatic rings. The molecule has 0 unspecified atom stereocenters. The average molecular weight is 356 g/mol. The minimum absolute atomic E-state index is 0.130. The van der Waals surface area contributed by atoms with Gasteiger partial charge in [0.1, 0.15) is 11.3 Å². The normalized spacial score (nSPS) is 12.4. The molecule has 7 heteroatoms. The maximum atomic E-state index is 12.4. The zero-order valence-electron chi connectivity index (χ0n) is 13.8. The number of fused-ring (bicyclic) bond motifs is 2. The molecule has 6 nitrogen and oxygen atoms in total. The first-order valence-corrected chi connectivity index (χ1v) is 8.58. The zero-order valence-corrected chi connectivity index (χ0v) is 14.6. The van der Waals surface area contributed by atoms with Gasteiger partial charge in [0.25, 0.3) is 0 Å². The third-order valence-electron chi connectivity index (χ3n) is 3.97. The van der Waals surface area contributed by atoms with Crippen molar-refractivity contribution >= 4 is 32.6 Å². The van der Waals surface area contributed by atoms with Gasteiger partial charge in [-0.15, -0.1) is 0 Å². The van der Waals surface area contributed by atoms with Crippen LogP contribution in [0.15, 0.2) is 30.3 Å². The summed E-state index contributed by atoms with van der Waals surface area (Å²) in [6, 6.07) is 9.37. The molecule has 0 bridgehead atoms. The first-order chi connectivity index (χ1) is 12.1. The minimum Gasteiger partial charge on any atom is -0.494 e. The number of methoxy groups -OCH3 is 1. The Labute approximate surface area is 148 Å². The Kier molecular flexibility index (Phi) is 3.93. The fourth-order valence-corrected chi connectivity index (χ4v) is 3.69. The second kappa shape index (κ2) is 6.25. The number of aryl methyl sites for hydroxylation is 1. The van der Waals surface area contributed by atoms with Crippen molar-refractivity contribution in [1.82, 2.24) is 4.98 Å². The number of carbonyl (C=O) groups is 1. The van der Waals surface area contributed by atoms with Crippen molar-refractivity contribution in [3.8, 4) is 17.2 Å². The quantitative estimate of drug-likeness (QED) is 0.774. The lowest BCUT2D eigenvalue weighted by molar-refractivity contribution is -0.115. The second-order valence-electron chi connectivity index (χ2n) is 5.69. The molecule has 0 saturated heterocycles. The van der Waals surface area contributed by atoms with Gasteiger partial charge in [-0.3, -0.25) is 4.79 Å². The fraction of sp³-hybridized carbons (Fsp3) is 0.222. The van der Waals surface area contributed by atoms with Crippen LogP contribution in [0.5, 0.6) is 17.2 Å². The summed E-state index contributed by atoms with van der Waals surface area (Å²) in [5.74, 6) is 1.95. The lowest BCUT2D eigenvalue weighted by atomic mass is 10.1. The molecule has 1 aliphatic heterocycles. The predicted molar refractivity (Wildman–Crippen MR) is 95.8 cm³/mol. The molecule has 25 heavy (non-hydrogen) atoms. The van der Waals surface area contributed by atoms with Crippen molar-refractivity contribution in [3.05, 3.63) is 41.5 Å². The maximum absolute atomic E-state index is 12.4. The van der Waals surface area contributed by atoms with Crippen LogP contribution >= 0.6 is 11.3 Å². The molecule has 0 aliphatic carbocycles. The Morgan fingerprint density at radius 2 is 2.12 bits per heavy atom. The molecule has 2 aromatic carbocycles. The van der Waals surface area contributed by atoms with E-state index in [1.807, 2.05) is 37.3 Å². The third kappa shape index (κ3) is 2.98. The van der Waals surface area contributed by atoms with Crippen molar-refractivity contribution in [3.63, 3.8) is 0 Å². The van der Waals surface area contributed by atoms with Gasteiger partial charge in [0, 0.05) is 0 Å². The Bertz CT molecular complexity index is 967. The molecule has 0 saturated carbocycles. The smallest absolute Gasteiger partial charge is 0.231 e. The number of carbonyl (C=O) groups excluding carboxylic acids is 1. The van der Waals surface area contributed by atoms with Crippen LogP contribution in [0, 0.1) is 6.92 Å². The molecule has 0 radical (unpaired) electrons. The van der Waals surface area contributed by atoms with Gasteiger partial charge in [-0.1, -0.05) is 23.5 Å². The molecular weight excluding hydrogens is 340 g/mol. The van der Waals surface area contributed by atoms with E-state index >= 15 is 0 Å². The van der Waals surface area contributed by atoms with Gasteiger partial charge in [0.15, 0.2) is 16.6 Å². The molecule has 1 aliphatic rings. The number of rotatable bonds is 4. The van der Waals surface area contributed by atoms with Crippen LogP contribution in [0.1, 0.15) is 11.1 Å². The summed E-state index contributed by atoms with van der Waals surface area (Å²) in [6.07, 6.45) is 0.239. The maximum Gasteiger partial charge on any atom is 0.231 e. The highest BCUT2D eigenvalue weighted by molar-refractivity contribution is 7.22. The Morgan fingerprint density at radius 1 is 1.28 bits per heavy atom. The molecule has 0 fully saturated rings. The standard InChI is InChI=1S/C18H16N2O4S/c1-10-3-5-13(22-2)16-17(10)25-18(20-16)19-15(21)8-11-4-6-12-14(7-11)24-9-23-12/h3-7H,8-9H2,1-2H3,(H,19,20,21). The largest absolute Gasteiger partial charge is 0.494 e. The molecule has 4 rings (SSSR count). The predicted octanol–water partition coefficient (Wildman–Crippen LogP) is 3.52. The number of hydrogen-bond donors (Lipinski definition) is 1. The van der Waals surface area contributed by atoms with Crippen LogP contribution in [-0.4, -0.2) is 24.8 Å². The molecule has 1 amide bonds.